The van der Waals surface area contributed by atoms with Crippen molar-refractivity contribution < 1.29 is 24.6 Å². The average Bonchev–Trinajstić information content (AvgIpc) is 3.28. The normalized spacial score (nSPS) is 11.0. The molecule has 0 saturated heterocycles. The lowest BCUT2D eigenvalue weighted by atomic mass is 10.1. The monoisotopic (exact) mass is 411 g/mol. The minimum absolute atomic E-state index is 0.0761. The summed E-state index contributed by atoms with van der Waals surface area (Å²) in [5, 5.41) is 22.3. The Bertz CT molecular complexity index is 1120. The van der Waals surface area contributed by atoms with E-state index < -0.39 is 17.8 Å². The lowest BCUT2D eigenvalue weighted by Gasteiger charge is -2.14. The molecule has 1 amide bonds. The predicted octanol–water partition coefficient (Wildman–Crippen LogP) is 3.32. The number of hydrogen-bond donors (Lipinski definition) is 3. The fraction of sp³-hybridized carbons (Fsp3) is 0.100. The van der Waals surface area contributed by atoms with Crippen LogP contribution in [0.25, 0.3) is 5.69 Å². The zero-order valence-electron chi connectivity index (χ0n) is 15.5. The molecule has 3 N–H and O–H groups in total. The largest absolute Gasteiger partial charge is 0.478 e. The van der Waals surface area contributed by atoms with Crippen LogP contribution < -0.4 is 5.43 Å². The Labute approximate surface area is 169 Å². The number of aromatic nitrogens is 1. The first-order chi connectivity index (χ1) is 13.8. The second-order valence-corrected chi connectivity index (χ2v) is 7.31. The first-order valence-corrected chi connectivity index (χ1v) is 9.29. The highest BCUT2D eigenvalue weighted by Gasteiger charge is 2.17. The minimum Gasteiger partial charge on any atom is -0.478 e. The van der Waals surface area contributed by atoms with Gasteiger partial charge >= 0.3 is 11.9 Å². The number of nitrogens with one attached hydrogen (secondary N) is 1. The van der Waals surface area contributed by atoms with Crippen molar-refractivity contribution in [3.05, 3.63) is 74.7 Å². The molecule has 1 aromatic carbocycles. The fourth-order valence-corrected chi connectivity index (χ4v) is 3.56. The van der Waals surface area contributed by atoms with Gasteiger partial charge < -0.3 is 14.8 Å². The second-order valence-electron chi connectivity index (χ2n) is 6.19. The molecule has 2 aromatic heterocycles. The summed E-state index contributed by atoms with van der Waals surface area (Å²) in [5.41, 5.74) is 4.76. The van der Waals surface area contributed by atoms with Crippen LogP contribution in [0.2, 0.25) is 0 Å². The molecule has 0 spiro atoms. The lowest BCUT2D eigenvalue weighted by molar-refractivity contribution is 0.0688. The number of nitrogens with zero attached hydrogens (tertiary/aromatic N) is 2. The van der Waals surface area contributed by atoms with Crippen LogP contribution in [-0.2, 0) is 0 Å². The van der Waals surface area contributed by atoms with Crippen molar-refractivity contribution in [1.29, 1.82) is 0 Å². The quantitative estimate of drug-likeness (QED) is 0.424. The number of thiophene rings is 1. The summed E-state index contributed by atoms with van der Waals surface area (Å²) >= 11 is 1.03. The molecule has 0 aliphatic carbocycles. The van der Waals surface area contributed by atoms with E-state index in [0.29, 0.717) is 10.6 Å². The zero-order valence-corrected chi connectivity index (χ0v) is 16.4. The molecule has 3 rings (SSSR count). The van der Waals surface area contributed by atoms with Gasteiger partial charge in [0.05, 0.1) is 17.5 Å². The summed E-state index contributed by atoms with van der Waals surface area (Å²) < 4.78 is 1.77. The highest BCUT2D eigenvalue weighted by Crippen LogP contribution is 2.22. The van der Waals surface area contributed by atoms with Gasteiger partial charge in [-0.3, -0.25) is 4.79 Å². The molecule has 0 radical (unpaired) electrons. The first kappa shape index (κ1) is 20.0. The maximum Gasteiger partial charge on any atom is 0.345 e. The van der Waals surface area contributed by atoms with Gasteiger partial charge in [-0.15, -0.1) is 11.3 Å². The number of amides is 1. The van der Waals surface area contributed by atoms with Gasteiger partial charge in [-0.2, -0.15) is 5.10 Å². The van der Waals surface area contributed by atoms with Gasteiger partial charge in [0.25, 0.3) is 5.91 Å². The van der Waals surface area contributed by atoms with Crippen LogP contribution in [-0.4, -0.2) is 38.8 Å². The van der Waals surface area contributed by atoms with Crippen LogP contribution in [0.3, 0.4) is 0 Å². The molecule has 9 heteroatoms. The Kier molecular flexibility index (Phi) is 5.60. The molecule has 0 aliphatic heterocycles. The number of carboxylic acid groups (broad SMARTS) is 2. The summed E-state index contributed by atoms with van der Waals surface area (Å²) in [6.45, 7) is 3.70. The van der Waals surface area contributed by atoms with E-state index in [0.717, 1.165) is 22.7 Å². The topological polar surface area (TPSA) is 121 Å². The number of hydrazone groups is 1. The minimum atomic E-state index is -1.09. The van der Waals surface area contributed by atoms with Crippen LogP contribution >= 0.6 is 11.3 Å². The molecule has 0 fully saturated rings. The molecule has 0 atom stereocenters. The second kappa shape index (κ2) is 8.11. The van der Waals surface area contributed by atoms with E-state index in [1.54, 1.807) is 10.6 Å². The number of aryl methyl sites for hydroxylation is 2. The standard InChI is InChI=1S/C20H17N3O5S/c1-11-3-4-12(2)23(11)16-9-13(5-7-15(16)19(25)26)18(24)22-21-10-14-6-8-17(29-14)20(27)28/h3-10H,1-2H3,(H,22,24)(H,25,26)(H,27,28). The van der Waals surface area contributed by atoms with E-state index >= 15 is 0 Å². The summed E-state index contributed by atoms with van der Waals surface area (Å²) in [6, 6.07) is 11.1. The summed E-state index contributed by atoms with van der Waals surface area (Å²) in [4.78, 5) is 35.7. The highest BCUT2D eigenvalue weighted by atomic mass is 32.1. The maximum absolute atomic E-state index is 12.4. The van der Waals surface area contributed by atoms with Crippen molar-refractivity contribution in [3.8, 4) is 5.69 Å². The van der Waals surface area contributed by atoms with Gasteiger partial charge in [-0.25, -0.2) is 15.0 Å². The Morgan fingerprint density at radius 2 is 1.69 bits per heavy atom. The van der Waals surface area contributed by atoms with Gasteiger partial charge in [0.15, 0.2) is 0 Å². The van der Waals surface area contributed by atoms with Crippen molar-refractivity contribution in [2.75, 3.05) is 0 Å². The van der Waals surface area contributed by atoms with E-state index in [4.69, 9.17) is 5.11 Å². The summed E-state index contributed by atoms with van der Waals surface area (Å²) in [5.74, 6) is -2.64. The van der Waals surface area contributed by atoms with Crippen LogP contribution in [0.1, 0.15) is 46.7 Å². The number of carboxylic acids is 2. The molecule has 0 unspecified atom stereocenters. The molecular weight excluding hydrogens is 394 g/mol. The van der Waals surface area contributed by atoms with Gasteiger partial charge in [0.1, 0.15) is 4.88 Å². The molecule has 0 aliphatic rings. The number of benzene rings is 1. The zero-order chi connectivity index (χ0) is 21.1. The van der Waals surface area contributed by atoms with Gasteiger partial charge in [-0.05, 0) is 56.3 Å². The van der Waals surface area contributed by atoms with E-state index in [2.05, 4.69) is 10.5 Å². The van der Waals surface area contributed by atoms with Crippen molar-refractivity contribution in [3.63, 3.8) is 0 Å². The third-order valence-electron chi connectivity index (χ3n) is 4.20. The number of aromatic carboxylic acids is 2. The summed E-state index contributed by atoms with van der Waals surface area (Å²) in [7, 11) is 0. The van der Waals surface area contributed by atoms with E-state index in [1.165, 1.54) is 30.5 Å². The van der Waals surface area contributed by atoms with E-state index in [-0.39, 0.29) is 16.0 Å². The van der Waals surface area contributed by atoms with Gasteiger partial charge in [0, 0.05) is 21.8 Å². The van der Waals surface area contributed by atoms with Crippen LogP contribution in [0.4, 0.5) is 0 Å². The third kappa shape index (κ3) is 4.25. The summed E-state index contributed by atoms with van der Waals surface area (Å²) in [6.07, 6.45) is 1.35. The molecule has 8 nitrogen and oxygen atoms in total. The molecule has 3 aromatic rings. The Morgan fingerprint density at radius 1 is 1.00 bits per heavy atom. The number of rotatable bonds is 6. The maximum atomic E-state index is 12.4. The Morgan fingerprint density at radius 3 is 2.28 bits per heavy atom. The van der Waals surface area contributed by atoms with Crippen molar-refractivity contribution in [2.24, 2.45) is 5.10 Å². The van der Waals surface area contributed by atoms with Gasteiger partial charge in [-0.1, -0.05) is 0 Å². The van der Waals surface area contributed by atoms with Crippen molar-refractivity contribution in [2.45, 2.75) is 13.8 Å². The Hall–Kier alpha value is -3.72. The van der Waals surface area contributed by atoms with E-state index in [9.17, 15) is 19.5 Å². The van der Waals surface area contributed by atoms with Crippen molar-refractivity contribution >= 4 is 35.4 Å². The highest BCUT2D eigenvalue weighted by molar-refractivity contribution is 7.15. The average molecular weight is 411 g/mol. The third-order valence-corrected chi connectivity index (χ3v) is 5.21. The predicted molar refractivity (Wildman–Crippen MR) is 109 cm³/mol. The fourth-order valence-electron chi connectivity index (χ4n) is 2.84. The molecule has 29 heavy (non-hydrogen) atoms. The Balaban J connectivity index is 1.85. The van der Waals surface area contributed by atoms with E-state index in [1.807, 2.05) is 26.0 Å². The molecular formula is C20H17N3O5S. The SMILES string of the molecule is Cc1ccc(C)n1-c1cc(C(=O)NN=Cc2ccc(C(=O)O)s2)ccc1C(=O)O. The van der Waals surface area contributed by atoms with Crippen LogP contribution in [0, 0.1) is 13.8 Å². The molecule has 2 heterocycles. The van der Waals surface area contributed by atoms with Crippen molar-refractivity contribution in [1.82, 2.24) is 9.99 Å². The molecule has 0 saturated carbocycles. The number of carbonyl (C=O) groups is 3. The molecule has 0 bridgehead atoms. The molecule has 148 valence electrons. The van der Waals surface area contributed by atoms with Crippen LogP contribution in [0.5, 0.6) is 0 Å². The lowest BCUT2D eigenvalue weighted by Crippen LogP contribution is -2.19. The number of hydrogen-bond acceptors (Lipinski definition) is 5. The first-order valence-electron chi connectivity index (χ1n) is 8.47. The smallest absolute Gasteiger partial charge is 0.345 e. The van der Waals surface area contributed by atoms with Gasteiger partial charge in [0.2, 0.25) is 0 Å². The number of carbonyl (C=O) groups excluding carboxylic acids is 1. The van der Waals surface area contributed by atoms with Crippen LogP contribution in [0.15, 0.2) is 47.6 Å².